The molecule has 2 saturated heterocycles. The van der Waals surface area contributed by atoms with E-state index in [-0.39, 0.29) is 42.5 Å². The van der Waals surface area contributed by atoms with Crippen molar-refractivity contribution in [2.24, 2.45) is 5.92 Å². The molecule has 3 aliphatic heterocycles. The number of carbonyl (C=O) groups is 5. The highest BCUT2D eigenvalue weighted by Gasteiger charge is 2.64. The number of benzene rings is 1. The Morgan fingerprint density at radius 3 is 2.43 bits per heavy atom. The lowest BCUT2D eigenvalue weighted by Gasteiger charge is -2.40. The fourth-order valence-corrected chi connectivity index (χ4v) is 8.33. The fraction of sp³-hybridized carbons (Fsp3) is 0.634. The molecule has 3 aliphatic rings. The summed E-state index contributed by atoms with van der Waals surface area (Å²) in [6.45, 7) is 7.01. The molecule has 4 amide bonds. The van der Waals surface area contributed by atoms with E-state index in [1.165, 1.54) is 47.7 Å². The molecule has 2 N–H and O–H groups in total. The number of likely N-dealkylation sites (N-methyl/N-ethyl adjacent to an activating group) is 1. The van der Waals surface area contributed by atoms with Crippen molar-refractivity contribution in [2.75, 3.05) is 58.8 Å². The van der Waals surface area contributed by atoms with Crippen LogP contribution in [0, 0.1) is 5.92 Å². The van der Waals surface area contributed by atoms with Gasteiger partial charge in [-0.1, -0.05) is 42.3 Å². The summed E-state index contributed by atoms with van der Waals surface area (Å²) >= 11 is 8.26. The number of methoxy groups -OCH3 is 2. The van der Waals surface area contributed by atoms with E-state index in [2.05, 4.69) is 5.32 Å². The average molecular weight is 851 g/mol. The van der Waals surface area contributed by atoms with Gasteiger partial charge in [0.05, 0.1) is 31.4 Å². The van der Waals surface area contributed by atoms with Crippen molar-refractivity contribution in [1.82, 2.24) is 15.1 Å². The third kappa shape index (κ3) is 11.7. The fourth-order valence-electron chi connectivity index (χ4n) is 7.18. The topological polar surface area (TPSA) is 177 Å². The summed E-state index contributed by atoms with van der Waals surface area (Å²) in [5.41, 5.74) is -0.745. The number of epoxide rings is 1. The molecule has 322 valence electrons. The highest BCUT2D eigenvalue weighted by molar-refractivity contribution is 7.99. The molecular formula is C41H59ClN4O11S. The highest BCUT2D eigenvalue weighted by Crippen LogP contribution is 2.49. The van der Waals surface area contributed by atoms with E-state index in [9.17, 15) is 29.1 Å². The van der Waals surface area contributed by atoms with Crippen molar-refractivity contribution in [3.05, 3.63) is 46.5 Å². The second kappa shape index (κ2) is 19.9. The summed E-state index contributed by atoms with van der Waals surface area (Å²) in [7, 11) is 9.48. The van der Waals surface area contributed by atoms with Gasteiger partial charge < -0.3 is 43.5 Å². The molecule has 0 radical (unpaired) electrons. The Bertz CT molecular complexity index is 1760. The molecule has 17 heteroatoms. The van der Waals surface area contributed by atoms with Crippen molar-refractivity contribution in [1.29, 1.82) is 0 Å². The lowest BCUT2D eigenvalue weighted by molar-refractivity contribution is -0.161. The van der Waals surface area contributed by atoms with Crippen LogP contribution >= 0.6 is 23.4 Å². The van der Waals surface area contributed by atoms with Crippen LogP contribution in [0.15, 0.2) is 35.9 Å². The normalized spacial score (nSPS) is 29.6. The molecule has 1 aromatic carbocycles. The Labute approximate surface area is 350 Å². The predicted octanol–water partition coefficient (Wildman–Crippen LogP) is 4.51. The van der Waals surface area contributed by atoms with E-state index in [1.54, 1.807) is 60.1 Å². The van der Waals surface area contributed by atoms with Crippen molar-refractivity contribution in [3.63, 3.8) is 0 Å². The molecule has 2 fully saturated rings. The molecule has 4 bridgehead atoms. The van der Waals surface area contributed by atoms with Gasteiger partial charge in [0.1, 0.15) is 40.3 Å². The van der Waals surface area contributed by atoms with Crippen LogP contribution in [-0.2, 0) is 44.5 Å². The number of anilines is 1. The largest absolute Gasteiger partial charge is 0.495 e. The number of ether oxygens (including phenoxy) is 5. The number of thioether (sulfide) groups is 1. The summed E-state index contributed by atoms with van der Waals surface area (Å²) in [5, 5.41) is 14.4. The smallest absolute Gasteiger partial charge is 0.409 e. The van der Waals surface area contributed by atoms with Crippen molar-refractivity contribution < 1.29 is 52.8 Å². The van der Waals surface area contributed by atoms with Crippen LogP contribution < -0.4 is 15.0 Å². The van der Waals surface area contributed by atoms with E-state index < -0.39 is 65.7 Å². The third-order valence-corrected chi connectivity index (χ3v) is 12.5. The first-order valence-electron chi connectivity index (χ1n) is 19.4. The zero-order chi connectivity index (χ0) is 43.1. The standard InChI is InChI=1S/C41H59ClN4O11S/c1-24-12-11-13-28(53-9)22-41(52)23-31(55-39(51)43-41)25(2)37-40(4,57-37)32(21-35(49)46(8)29-19-27(18-24)20-30(54-10)36(29)42)56-38(50)26(3)45(7)34(48)15-17-58-16-14-33(47)44(5)6/h11-13,19-20,25-26,28,31-32,37,52H,14-18,21-23H2,1-10H3,(H,43,51)/b13-11+,24-12+/t25-,26+,28-,31+,32+,37+,40?,41-/m1/s1. The molecule has 15 nitrogen and oxygen atoms in total. The molecule has 0 aliphatic carbocycles. The number of nitrogens with zero attached hydrogens (tertiary/aromatic N) is 3. The molecule has 58 heavy (non-hydrogen) atoms. The van der Waals surface area contributed by atoms with E-state index in [0.29, 0.717) is 35.8 Å². The lowest BCUT2D eigenvalue weighted by Crippen LogP contribution is -2.59. The van der Waals surface area contributed by atoms with Crippen LogP contribution in [0.1, 0.15) is 65.4 Å². The summed E-state index contributed by atoms with van der Waals surface area (Å²) in [4.78, 5) is 70.1. The van der Waals surface area contributed by atoms with Gasteiger partial charge >= 0.3 is 12.1 Å². The maximum atomic E-state index is 14.2. The zero-order valence-corrected chi connectivity index (χ0v) is 36.7. The van der Waals surface area contributed by atoms with Crippen molar-refractivity contribution in [2.45, 2.75) is 108 Å². The van der Waals surface area contributed by atoms with Gasteiger partial charge in [0.15, 0.2) is 0 Å². The molecule has 3 heterocycles. The number of nitrogens with one attached hydrogen (secondary N) is 1. The predicted molar refractivity (Wildman–Crippen MR) is 221 cm³/mol. The minimum atomic E-state index is -1.68. The minimum absolute atomic E-state index is 0.00215. The summed E-state index contributed by atoms with van der Waals surface area (Å²) < 4.78 is 29.3. The lowest BCUT2D eigenvalue weighted by atomic mass is 9.83. The number of aliphatic hydroxyl groups is 1. The summed E-state index contributed by atoms with van der Waals surface area (Å²) in [5.74, 6) is -0.600. The number of hydrogen-bond donors (Lipinski definition) is 2. The Morgan fingerprint density at radius 2 is 1.79 bits per heavy atom. The first kappa shape index (κ1) is 46.9. The Kier molecular flexibility index (Phi) is 16.1. The van der Waals surface area contributed by atoms with Crippen LogP contribution in [-0.4, -0.2) is 140 Å². The van der Waals surface area contributed by atoms with Gasteiger partial charge in [-0.05, 0) is 44.9 Å². The van der Waals surface area contributed by atoms with Gasteiger partial charge in [0.2, 0.25) is 17.7 Å². The van der Waals surface area contributed by atoms with Gasteiger partial charge in [-0.3, -0.25) is 19.7 Å². The molecule has 0 aromatic heterocycles. The zero-order valence-electron chi connectivity index (χ0n) is 35.2. The maximum absolute atomic E-state index is 14.2. The van der Waals surface area contributed by atoms with Gasteiger partial charge in [-0.15, -0.1) is 0 Å². The van der Waals surface area contributed by atoms with E-state index in [4.69, 9.17) is 35.3 Å². The minimum Gasteiger partial charge on any atom is -0.495 e. The SMILES string of the molecule is COc1cc2cc(c1Cl)N(C)C(=O)C[C@H](OC(=O)[C@H](C)N(C)C(=O)CCSCCC(=O)N(C)C)C1(C)O[C@H]1[C@H](C)[C@@H]1C[C@](O)(C[C@H](OC)/C=C/C=C(\C)C2)NC(=O)O1. The molecule has 0 saturated carbocycles. The number of alkyl carbamates (subject to hydrolysis) is 1. The first-order valence-corrected chi connectivity index (χ1v) is 20.9. The number of amides is 4. The number of rotatable bonds is 11. The number of hydrogen-bond acceptors (Lipinski definition) is 12. The Balaban J connectivity index is 1.64. The van der Waals surface area contributed by atoms with Gasteiger partial charge in [0, 0.05) is 78.4 Å². The number of fused-ring (bicyclic) bond motifs is 5. The van der Waals surface area contributed by atoms with Crippen molar-refractivity contribution in [3.8, 4) is 5.75 Å². The molecule has 4 rings (SSSR count). The molecule has 8 atom stereocenters. The Hall–Kier alpha value is -3.83. The monoisotopic (exact) mass is 850 g/mol. The van der Waals surface area contributed by atoms with Gasteiger partial charge in [0.25, 0.3) is 0 Å². The molecular weight excluding hydrogens is 792 g/mol. The van der Waals surface area contributed by atoms with E-state index in [0.717, 1.165) is 11.1 Å². The quantitative estimate of drug-likeness (QED) is 0.181. The van der Waals surface area contributed by atoms with Crippen LogP contribution in [0.2, 0.25) is 5.02 Å². The summed E-state index contributed by atoms with van der Waals surface area (Å²) in [6.07, 6.45) is 2.21. The summed E-state index contributed by atoms with van der Waals surface area (Å²) in [6, 6.07) is 2.59. The average Bonchev–Trinajstić information content (AvgIpc) is 3.87. The molecule has 0 spiro atoms. The van der Waals surface area contributed by atoms with E-state index in [1.807, 2.05) is 19.1 Å². The van der Waals surface area contributed by atoms with Crippen LogP contribution in [0.3, 0.4) is 0 Å². The number of esters is 1. The third-order valence-electron chi connectivity index (χ3n) is 11.1. The van der Waals surface area contributed by atoms with E-state index >= 15 is 0 Å². The molecule has 1 unspecified atom stereocenters. The van der Waals surface area contributed by atoms with Crippen LogP contribution in [0.25, 0.3) is 0 Å². The van der Waals surface area contributed by atoms with Crippen LogP contribution in [0.5, 0.6) is 5.75 Å². The van der Waals surface area contributed by atoms with Gasteiger partial charge in [-0.2, -0.15) is 11.8 Å². The first-order chi connectivity index (χ1) is 27.2. The highest BCUT2D eigenvalue weighted by atomic mass is 35.5. The number of allylic oxidation sites excluding steroid dienone is 3. The Morgan fingerprint density at radius 1 is 1.12 bits per heavy atom. The van der Waals surface area contributed by atoms with Crippen LogP contribution in [0.4, 0.5) is 10.5 Å². The van der Waals surface area contributed by atoms with Crippen molar-refractivity contribution >= 4 is 58.8 Å². The second-order valence-electron chi connectivity index (χ2n) is 15.7. The maximum Gasteiger partial charge on any atom is 0.409 e. The molecule has 1 aromatic rings. The second-order valence-corrected chi connectivity index (χ2v) is 17.3. The number of carbonyl (C=O) groups excluding carboxylic acids is 5. The van der Waals surface area contributed by atoms with Gasteiger partial charge in [-0.25, -0.2) is 9.59 Å². The number of halogens is 1.